The second-order valence-corrected chi connectivity index (χ2v) is 5.79. The SMILES string of the molecule is CCOc1sc2ccc(Br)cc2c1I. The van der Waals surface area contributed by atoms with Gasteiger partial charge in [0.05, 0.1) is 10.2 Å². The van der Waals surface area contributed by atoms with Gasteiger partial charge in [-0.25, -0.2) is 0 Å². The Morgan fingerprint density at radius 2 is 2.29 bits per heavy atom. The van der Waals surface area contributed by atoms with Crippen LogP contribution in [-0.4, -0.2) is 6.61 Å². The van der Waals surface area contributed by atoms with Crippen LogP contribution in [0, 0.1) is 3.57 Å². The second-order valence-electron chi connectivity index (χ2n) is 2.78. The molecule has 2 aromatic rings. The van der Waals surface area contributed by atoms with Crippen LogP contribution >= 0.6 is 49.9 Å². The Labute approximate surface area is 109 Å². The van der Waals surface area contributed by atoms with E-state index >= 15 is 0 Å². The van der Waals surface area contributed by atoms with E-state index in [1.165, 1.54) is 13.7 Å². The molecule has 14 heavy (non-hydrogen) atoms. The molecule has 1 nitrogen and oxygen atoms in total. The van der Waals surface area contributed by atoms with Crippen LogP contribution in [0.4, 0.5) is 0 Å². The summed E-state index contributed by atoms with van der Waals surface area (Å²) in [6, 6.07) is 6.32. The van der Waals surface area contributed by atoms with Crippen LogP contribution in [0.15, 0.2) is 22.7 Å². The van der Waals surface area contributed by atoms with E-state index in [9.17, 15) is 0 Å². The zero-order chi connectivity index (χ0) is 10.1. The van der Waals surface area contributed by atoms with E-state index in [1.54, 1.807) is 11.3 Å². The lowest BCUT2D eigenvalue weighted by atomic mass is 10.3. The number of hydrogen-bond donors (Lipinski definition) is 0. The summed E-state index contributed by atoms with van der Waals surface area (Å²) in [6.07, 6.45) is 0. The number of hydrogen-bond acceptors (Lipinski definition) is 2. The van der Waals surface area contributed by atoms with Crippen LogP contribution in [0.2, 0.25) is 0 Å². The Bertz CT molecular complexity index is 466. The van der Waals surface area contributed by atoms with Crippen LogP contribution in [0.1, 0.15) is 6.92 Å². The zero-order valence-electron chi connectivity index (χ0n) is 7.51. The highest BCUT2D eigenvalue weighted by molar-refractivity contribution is 14.1. The molecule has 0 saturated heterocycles. The first-order chi connectivity index (χ1) is 6.72. The Balaban J connectivity index is 2.62. The summed E-state index contributed by atoms with van der Waals surface area (Å²) in [5, 5.41) is 2.30. The van der Waals surface area contributed by atoms with Crippen LogP contribution in [0.5, 0.6) is 5.06 Å². The van der Waals surface area contributed by atoms with Crippen molar-refractivity contribution in [1.29, 1.82) is 0 Å². The molecule has 0 aliphatic heterocycles. The van der Waals surface area contributed by atoms with Crippen LogP contribution < -0.4 is 4.74 Å². The van der Waals surface area contributed by atoms with Gasteiger partial charge in [-0.15, -0.1) is 0 Å². The fraction of sp³-hybridized carbons (Fsp3) is 0.200. The van der Waals surface area contributed by atoms with Gasteiger partial charge in [0.2, 0.25) is 0 Å². The number of halogens is 2. The van der Waals surface area contributed by atoms with E-state index in [2.05, 4.69) is 56.7 Å². The van der Waals surface area contributed by atoms with Crippen molar-refractivity contribution < 1.29 is 4.74 Å². The number of ether oxygens (including phenoxy) is 1. The maximum Gasteiger partial charge on any atom is 0.188 e. The Morgan fingerprint density at radius 3 is 3.00 bits per heavy atom. The molecule has 0 atom stereocenters. The molecule has 1 aromatic heterocycles. The van der Waals surface area contributed by atoms with Gasteiger partial charge in [-0.3, -0.25) is 0 Å². The average Bonchev–Trinajstić information content (AvgIpc) is 2.46. The molecule has 0 amide bonds. The molecule has 0 saturated carbocycles. The van der Waals surface area contributed by atoms with Crippen molar-refractivity contribution in [3.05, 3.63) is 26.2 Å². The molecule has 0 aliphatic rings. The lowest BCUT2D eigenvalue weighted by Gasteiger charge is -1.97. The average molecular weight is 383 g/mol. The molecule has 0 bridgehead atoms. The molecule has 1 aromatic carbocycles. The Morgan fingerprint density at radius 1 is 1.50 bits per heavy atom. The summed E-state index contributed by atoms with van der Waals surface area (Å²) in [6.45, 7) is 2.74. The van der Waals surface area contributed by atoms with E-state index in [1.807, 2.05) is 6.92 Å². The lowest BCUT2D eigenvalue weighted by Crippen LogP contribution is -1.89. The van der Waals surface area contributed by atoms with E-state index in [4.69, 9.17) is 4.74 Å². The summed E-state index contributed by atoms with van der Waals surface area (Å²) in [7, 11) is 0. The van der Waals surface area contributed by atoms with Gasteiger partial charge < -0.3 is 4.74 Å². The van der Waals surface area contributed by atoms with Gasteiger partial charge in [0.1, 0.15) is 0 Å². The number of benzene rings is 1. The molecule has 0 radical (unpaired) electrons. The maximum absolute atomic E-state index is 5.56. The van der Waals surface area contributed by atoms with Crippen molar-refractivity contribution in [3.63, 3.8) is 0 Å². The third-order valence-corrected chi connectivity index (χ3v) is 4.85. The van der Waals surface area contributed by atoms with Crippen molar-refractivity contribution in [2.45, 2.75) is 6.92 Å². The molecular formula is C10H8BrIOS. The standard InChI is InChI=1S/C10H8BrIOS/c1-2-13-10-9(12)7-5-6(11)3-4-8(7)14-10/h3-5H,2H2,1H3. The van der Waals surface area contributed by atoms with Crippen molar-refractivity contribution in [1.82, 2.24) is 0 Å². The summed E-state index contributed by atoms with van der Waals surface area (Å²) in [5.74, 6) is 0. The highest BCUT2D eigenvalue weighted by Gasteiger charge is 2.10. The first kappa shape index (κ1) is 10.7. The van der Waals surface area contributed by atoms with Gasteiger partial charge in [-0.1, -0.05) is 27.3 Å². The predicted molar refractivity (Wildman–Crippen MR) is 73.4 cm³/mol. The van der Waals surface area contributed by atoms with Crippen LogP contribution in [0.3, 0.4) is 0 Å². The third kappa shape index (κ3) is 1.92. The minimum absolute atomic E-state index is 0.726. The predicted octanol–water partition coefficient (Wildman–Crippen LogP) is 4.67. The normalized spacial score (nSPS) is 10.8. The summed E-state index contributed by atoms with van der Waals surface area (Å²) in [4.78, 5) is 0. The Kier molecular flexibility index (Phi) is 3.34. The molecule has 4 heteroatoms. The summed E-state index contributed by atoms with van der Waals surface area (Å²) >= 11 is 7.52. The van der Waals surface area contributed by atoms with E-state index < -0.39 is 0 Å². The number of fused-ring (bicyclic) bond motifs is 1. The fourth-order valence-electron chi connectivity index (χ4n) is 1.24. The zero-order valence-corrected chi connectivity index (χ0v) is 12.1. The van der Waals surface area contributed by atoms with Gasteiger partial charge in [0.15, 0.2) is 5.06 Å². The molecular weight excluding hydrogens is 375 g/mol. The van der Waals surface area contributed by atoms with E-state index in [-0.39, 0.29) is 0 Å². The van der Waals surface area contributed by atoms with Crippen molar-refractivity contribution >= 4 is 59.9 Å². The van der Waals surface area contributed by atoms with Crippen LogP contribution in [0.25, 0.3) is 10.1 Å². The number of thiophene rings is 1. The minimum atomic E-state index is 0.726. The van der Waals surface area contributed by atoms with Gasteiger partial charge in [0, 0.05) is 14.6 Å². The minimum Gasteiger partial charge on any atom is -0.483 e. The van der Waals surface area contributed by atoms with Gasteiger partial charge in [0.25, 0.3) is 0 Å². The number of rotatable bonds is 2. The monoisotopic (exact) mass is 382 g/mol. The van der Waals surface area contributed by atoms with Gasteiger partial charge in [-0.2, -0.15) is 0 Å². The Hall–Kier alpha value is 0.190. The first-order valence-corrected chi connectivity index (χ1v) is 6.91. The molecule has 1 heterocycles. The van der Waals surface area contributed by atoms with Crippen molar-refractivity contribution in [2.75, 3.05) is 6.61 Å². The van der Waals surface area contributed by atoms with Gasteiger partial charge in [-0.05, 0) is 47.7 Å². The molecule has 0 fully saturated rings. The quantitative estimate of drug-likeness (QED) is 0.686. The topological polar surface area (TPSA) is 9.23 Å². The lowest BCUT2D eigenvalue weighted by molar-refractivity contribution is 0.348. The molecule has 0 N–H and O–H groups in total. The largest absolute Gasteiger partial charge is 0.483 e. The van der Waals surface area contributed by atoms with Crippen molar-refractivity contribution in [3.8, 4) is 5.06 Å². The molecule has 0 aliphatic carbocycles. The van der Waals surface area contributed by atoms with Crippen LogP contribution in [-0.2, 0) is 0 Å². The molecule has 74 valence electrons. The highest BCUT2D eigenvalue weighted by Crippen LogP contribution is 2.39. The summed E-state index contributed by atoms with van der Waals surface area (Å²) in [5.41, 5.74) is 0. The van der Waals surface area contributed by atoms with Crippen molar-refractivity contribution in [2.24, 2.45) is 0 Å². The molecule has 0 spiro atoms. The highest BCUT2D eigenvalue weighted by atomic mass is 127. The molecule has 2 rings (SSSR count). The van der Waals surface area contributed by atoms with E-state index in [0.29, 0.717) is 0 Å². The van der Waals surface area contributed by atoms with E-state index in [0.717, 1.165) is 16.1 Å². The second kappa shape index (κ2) is 4.37. The smallest absolute Gasteiger partial charge is 0.188 e. The third-order valence-electron chi connectivity index (χ3n) is 1.84. The van der Waals surface area contributed by atoms with Gasteiger partial charge >= 0.3 is 0 Å². The summed E-state index contributed by atoms with van der Waals surface area (Å²) < 4.78 is 9.16. The fourth-order valence-corrected chi connectivity index (χ4v) is 3.70. The molecule has 0 unspecified atom stereocenters. The maximum atomic E-state index is 5.56. The first-order valence-electron chi connectivity index (χ1n) is 4.22.